The van der Waals surface area contributed by atoms with Crippen LogP contribution >= 0.6 is 0 Å². The van der Waals surface area contributed by atoms with E-state index in [0.29, 0.717) is 0 Å². The summed E-state index contributed by atoms with van der Waals surface area (Å²) in [5, 5.41) is 0. The molecule has 2 atom stereocenters. The lowest BCUT2D eigenvalue weighted by molar-refractivity contribution is 0.164. The summed E-state index contributed by atoms with van der Waals surface area (Å²) in [6.07, 6.45) is 4.21. The SMILES string of the molecule is CCC(C)C1CCCN(C)C1. The number of nitrogens with zero attached hydrogens (tertiary/aromatic N) is 1. The second-order valence-electron chi connectivity index (χ2n) is 4.05. The normalized spacial score (nSPS) is 30.3. The van der Waals surface area contributed by atoms with E-state index in [2.05, 4.69) is 25.8 Å². The number of piperidine rings is 1. The van der Waals surface area contributed by atoms with Crippen LogP contribution in [0.1, 0.15) is 33.1 Å². The van der Waals surface area contributed by atoms with Crippen molar-refractivity contribution >= 4 is 0 Å². The average molecular weight is 155 g/mol. The van der Waals surface area contributed by atoms with Crippen molar-refractivity contribution in [3.8, 4) is 0 Å². The summed E-state index contributed by atoms with van der Waals surface area (Å²) in [5.41, 5.74) is 0. The van der Waals surface area contributed by atoms with Crippen LogP contribution in [-0.4, -0.2) is 25.0 Å². The number of rotatable bonds is 2. The molecule has 1 rings (SSSR count). The number of hydrogen-bond acceptors (Lipinski definition) is 1. The minimum Gasteiger partial charge on any atom is -0.306 e. The van der Waals surface area contributed by atoms with Crippen molar-refractivity contribution in [1.29, 1.82) is 0 Å². The van der Waals surface area contributed by atoms with Crippen LogP contribution in [0.25, 0.3) is 0 Å². The van der Waals surface area contributed by atoms with Crippen LogP contribution < -0.4 is 0 Å². The van der Waals surface area contributed by atoms with Gasteiger partial charge in [0, 0.05) is 6.54 Å². The minimum atomic E-state index is 0.928. The summed E-state index contributed by atoms with van der Waals surface area (Å²) in [7, 11) is 2.24. The molecule has 0 amide bonds. The van der Waals surface area contributed by atoms with Crippen LogP contribution in [0.4, 0.5) is 0 Å². The van der Waals surface area contributed by atoms with Gasteiger partial charge in [-0.15, -0.1) is 0 Å². The van der Waals surface area contributed by atoms with Gasteiger partial charge < -0.3 is 4.90 Å². The zero-order chi connectivity index (χ0) is 8.27. The minimum absolute atomic E-state index is 0.928. The topological polar surface area (TPSA) is 3.24 Å². The summed E-state index contributed by atoms with van der Waals surface area (Å²) in [4.78, 5) is 2.47. The first-order chi connectivity index (χ1) is 5.24. The molecule has 1 nitrogen and oxygen atoms in total. The molecule has 0 aromatic carbocycles. The lowest BCUT2D eigenvalue weighted by atomic mass is 9.85. The van der Waals surface area contributed by atoms with E-state index in [1.807, 2.05) is 0 Å². The molecule has 1 heterocycles. The molecule has 0 aromatic rings. The fourth-order valence-corrected chi connectivity index (χ4v) is 2.00. The molecule has 0 saturated carbocycles. The molecule has 1 aliphatic rings. The molecule has 1 fully saturated rings. The average Bonchev–Trinajstić information content (AvgIpc) is 2.03. The van der Waals surface area contributed by atoms with Gasteiger partial charge in [-0.05, 0) is 38.3 Å². The summed E-state index contributed by atoms with van der Waals surface area (Å²) in [6.45, 7) is 7.34. The van der Waals surface area contributed by atoms with E-state index in [4.69, 9.17) is 0 Å². The van der Waals surface area contributed by atoms with Crippen molar-refractivity contribution in [1.82, 2.24) is 4.90 Å². The van der Waals surface area contributed by atoms with Crippen LogP contribution in [0.15, 0.2) is 0 Å². The quantitative estimate of drug-likeness (QED) is 0.592. The van der Waals surface area contributed by atoms with E-state index >= 15 is 0 Å². The third-order valence-electron chi connectivity index (χ3n) is 3.11. The monoisotopic (exact) mass is 155 g/mol. The maximum atomic E-state index is 2.47. The van der Waals surface area contributed by atoms with Gasteiger partial charge in [0.05, 0.1) is 0 Å². The highest BCUT2D eigenvalue weighted by molar-refractivity contribution is 4.73. The second-order valence-corrected chi connectivity index (χ2v) is 4.05. The van der Waals surface area contributed by atoms with Crippen LogP contribution in [0.2, 0.25) is 0 Å². The Balaban J connectivity index is 2.33. The van der Waals surface area contributed by atoms with E-state index in [0.717, 1.165) is 11.8 Å². The van der Waals surface area contributed by atoms with Gasteiger partial charge in [0.15, 0.2) is 0 Å². The van der Waals surface area contributed by atoms with Gasteiger partial charge in [-0.3, -0.25) is 0 Å². The van der Waals surface area contributed by atoms with Crippen molar-refractivity contribution in [2.75, 3.05) is 20.1 Å². The molecule has 66 valence electrons. The van der Waals surface area contributed by atoms with Gasteiger partial charge in [-0.1, -0.05) is 20.3 Å². The molecular weight excluding hydrogens is 134 g/mol. The van der Waals surface area contributed by atoms with Gasteiger partial charge >= 0.3 is 0 Å². The number of likely N-dealkylation sites (tertiary alicyclic amines) is 1. The molecule has 0 spiro atoms. The van der Waals surface area contributed by atoms with Crippen LogP contribution in [0.3, 0.4) is 0 Å². The predicted octanol–water partition coefficient (Wildman–Crippen LogP) is 2.37. The molecule has 2 unspecified atom stereocenters. The highest BCUT2D eigenvalue weighted by Crippen LogP contribution is 2.24. The summed E-state index contributed by atoms with van der Waals surface area (Å²) < 4.78 is 0. The second kappa shape index (κ2) is 4.10. The van der Waals surface area contributed by atoms with E-state index in [1.54, 1.807) is 0 Å². The standard InChI is InChI=1S/C10H21N/c1-4-9(2)10-6-5-7-11(3)8-10/h9-10H,4-8H2,1-3H3. The third-order valence-corrected chi connectivity index (χ3v) is 3.11. The largest absolute Gasteiger partial charge is 0.306 e. The van der Waals surface area contributed by atoms with Gasteiger partial charge in [0.1, 0.15) is 0 Å². The molecule has 0 radical (unpaired) electrons. The first-order valence-electron chi connectivity index (χ1n) is 4.92. The zero-order valence-electron chi connectivity index (χ0n) is 8.14. The van der Waals surface area contributed by atoms with Crippen LogP contribution in [-0.2, 0) is 0 Å². The molecule has 0 bridgehead atoms. The molecule has 0 N–H and O–H groups in total. The Morgan fingerprint density at radius 2 is 2.27 bits per heavy atom. The summed E-state index contributed by atoms with van der Waals surface area (Å²) in [6, 6.07) is 0. The fourth-order valence-electron chi connectivity index (χ4n) is 2.00. The van der Waals surface area contributed by atoms with E-state index in [9.17, 15) is 0 Å². The summed E-state index contributed by atoms with van der Waals surface area (Å²) >= 11 is 0. The number of hydrogen-bond donors (Lipinski definition) is 0. The van der Waals surface area contributed by atoms with E-state index in [1.165, 1.54) is 32.4 Å². The summed E-state index contributed by atoms with van der Waals surface area (Å²) in [5.74, 6) is 1.90. The molecule has 0 aliphatic carbocycles. The van der Waals surface area contributed by atoms with Gasteiger partial charge in [0.25, 0.3) is 0 Å². The van der Waals surface area contributed by atoms with Crippen molar-refractivity contribution < 1.29 is 0 Å². The Morgan fingerprint density at radius 1 is 1.55 bits per heavy atom. The Bertz CT molecular complexity index is 111. The lowest BCUT2D eigenvalue weighted by Crippen LogP contribution is -2.34. The van der Waals surface area contributed by atoms with Gasteiger partial charge in [-0.2, -0.15) is 0 Å². The highest BCUT2D eigenvalue weighted by Gasteiger charge is 2.20. The smallest absolute Gasteiger partial charge is 0.000916 e. The maximum absolute atomic E-state index is 2.47. The zero-order valence-corrected chi connectivity index (χ0v) is 8.14. The third kappa shape index (κ3) is 2.48. The Hall–Kier alpha value is -0.0400. The first-order valence-corrected chi connectivity index (χ1v) is 4.92. The van der Waals surface area contributed by atoms with E-state index in [-0.39, 0.29) is 0 Å². The maximum Gasteiger partial charge on any atom is 0.000916 e. The Morgan fingerprint density at radius 3 is 2.82 bits per heavy atom. The molecule has 1 aliphatic heterocycles. The first kappa shape index (κ1) is 9.05. The molecular formula is C10H21N. The molecule has 1 heteroatoms. The fraction of sp³-hybridized carbons (Fsp3) is 1.00. The predicted molar refractivity (Wildman–Crippen MR) is 49.7 cm³/mol. The lowest BCUT2D eigenvalue weighted by Gasteiger charge is -2.33. The van der Waals surface area contributed by atoms with Crippen molar-refractivity contribution in [3.63, 3.8) is 0 Å². The van der Waals surface area contributed by atoms with E-state index < -0.39 is 0 Å². The molecule has 0 aromatic heterocycles. The Labute approximate surface area is 70.8 Å². The molecule has 1 saturated heterocycles. The van der Waals surface area contributed by atoms with Crippen molar-refractivity contribution in [2.24, 2.45) is 11.8 Å². The molecule has 11 heavy (non-hydrogen) atoms. The Kier molecular flexibility index (Phi) is 3.38. The highest BCUT2D eigenvalue weighted by atomic mass is 15.1. The van der Waals surface area contributed by atoms with Crippen molar-refractivity contribution in [3.05, 3.63) is 0 Å². The van der Waals surface area contributed by atoms with Crippen LogP contribution in [0, 0.1) is 11.8 Å². The van der Waals surface area contributed by atoms with Gasteiger partial charge in [0.2, 0.25) is 0 Å². The van der Waals surface area contributed by atoms with Crippen LogP contribution in [0.5, 0.6) is 0 Å². The van der Waals surface area contributed by atoms with Gasteiger partial charge in [-0.25, -0.2) is 0 Å². The van der Waals surface area contributed by atoms with Crippen molar-refractivity contribution in [2.45, 2.75) is 33.1 Å².